The second-order valence-electron chi connectivity index (χ2n) is 4.57. The van der Waals surface area contributed by atoms with Crippen molar-refractivity contribution in [3.63, 3.8) is 0 Å². The summed E-state index contributed by atoms with van der Waals surface area (Å²) >= 11 is 0. The van der Waals surface area contributed by atoms with Crippen molar-refractivity contribution in [3.05, 3.63) is 18.2 Å². The van der Waals surface area contributed by atoms with Crippen LogP contribution in [0.3, 0.4) is 0 Å². The Balaban J connectivity index is 2.04. The zero-order valence-corrected chi connectivity index (χ0v) is 10.2. The van der Waals surface area contributed by atoms with Crippen LogP contribution in [-0.4, -0.2) is 13.0 Å². The van der Waals surface area contributed by atoms with Crippen LogP contribution >= 0.6 is 0 Å². The summed E-state index contributed by atoms with van der Waals surface area (Å²) in [6.07, 6.45) is 2.32. The number of carbonyl (C=O) groups excluding carboxylic acids is 1. The van der Waals surface area contributed by atoms with Crippen molar-refractivity contribution in [3.8, 4) is 5.75 Å². The molecule has 1 saturated carbocycles. The Hall–Kier alpha value is -1.71. The minimum atomic E-state index is 0.0457. The van der Waals surface area contributed by atoms with Crippen molar-refractivity contribution < 1.29 is 9.53 Å². The Labute approximate surface area is 101 Å². The zero-order chi connectivity index (χ0) is 12.4. The van der Waals surface area contributed by atoms with Crippen molar-refractivity contribution in [2.24, 2.45) is 11.8 Å². The third-order valence-corrected chi connectivity index (χ3v) is 3.26. The first kappa shape index (κ1) is 11.8. The molecule has 1 aromatic carbocycles. The molecule has 1 aliphatic carbocycles. The standard InChI is InChI=1S/C13H18N2O2/c1-8(9-3-4-9)13(16)15-12-6-5-10(17-2)7-11(12)14/h5-9H,3-4,14H2,1-2H3,(H,15,16). The maximum Gasteiger partial charge on any atom is 0.227 e. The first-order valence-corrected chi connectivity index (χ1v) is 5.86. The van der Waals surface area contributed by atoms with Gasteiger partial charge in [-0.2, -0.15) is 0 Å². The number of methoxy groups -OCH3 is 1. The molecular formula is C13H18N2O2. The van der Waals surface area contributed by atoms with E-state index in [1.165, 1.54) is 0 Å². The topological polar surface area (TPSA) is 64.3 Å². The molecule has 0 bridgehead atoms. The summed E-state index contributed by atoms with van der Waals surface area (Å²) in [6, 6.07) is 5.26. The molecule has 0 saturated heterocycles. The maximum atomic E-state index is 11.9. The second-order valence-corrected chi connectivity index (χ2v) is 4.57. The number of ether oxygens (including phenoxy) is 1. The highest BCUT2D eigenvalue weighted by Crippen LogP contribution is 2.37. The Bertz CT molecular complexity index is 427. The molecule has 1 unspecified atom stereocenters. The molecule has 0 aliphatic heterocycles. The quantitative estimate of drug-likeness (QED) is 0.785. The van der Waals surface area contributed by atoms with E-state index in [2.05, 4.69) is 5.32 Å². The normalized spacial score (nSPS) is 16.4. The number of anilines is 2. The van der Waals surface area contributed by atoms with Gasteiger partial charge >= 0.3 is 0 Å². The Morgan fingerprint density at radius 1 is 1.53 bits per heavy atom. The lowest BCUT2D eigenvalue weighted by Gasteiger charge is -2.13. The van der Waals surface area contributed by atoms with E-state index in [4.69, 9.17) is 10.5 Å². The number of rotatable bonds is 4. The van der Waals surface area contributed by atoms with Crippen LogP contribution in [-0.2, 0) is 4.79 Å². The summed E-state index contributed by atoms with van der Waals surface area (Å²) < 4.78 is 5.06. The van der Waals surface area contributed by atoms with Crippen molar-refractivity contribution >= 4 is 17.3 Å². The molecule has 2 rings (SSSR count). The Kier molecular flexibility index (Phi) is 3.22. The first-order chi connectivity index (χ1) is 8.11. The third kappa shape index (κ3) is 2.70. The van der Waals surface area contributed by atoms with Crippen LogP contribution in [0.4, 0.5) is 11.4 Å². The number of nitrogens with two attached hydrogens (primary N) is 1. The summed E-state index contributed by atoms with van der Waals surface area (Å²) in [4.78, 5) is 11.9. The number of benzene rings is 1. The van der Waals surface area contributed by atoms with Gasteiger partial charge in [-0.1, -0.05) is 6.92 Å². The van der Waals surface area contributed by atoms with E-state index in [1.54, 1.807) is 25.3 Å². The lowest BCUT2D eigenvalue weighted by molar-refractivity contribution is -0.119. The van der Waals surface area contributed by atoms with Gasteiger partial charge in [0.15, 0.2) is 0 Å². The first-order valence-electron chi connectivity index (χ1n) is 5.86. The fourth-order valence-electron chi connectivity index (χ4n) is 1.84. The zero-order valence-electron chi connectivity index (χ0n) is 10.2. The van der Waals surface area contributed by atoms with E-state index >= 15 is 0 Å². The predicted octanol–water partition coefficient (Wildman–Crippen LogP) is 2.26. The molecule has 1 aliphatic rings. The summed E-state index contributed by atoms with van der Waals surface area (Å²) in [5.74, 6) is 1.35. The van der Waals surface area contributed by atoms with Gasteiger partial charge in [-0.15, -0.1) is 0 Å². The molecule has 0 heterocycles. The number of hydrogen-bond donors (Lipinski definition) is 2. The van der Waals surface area contributed by atoms with Gasteiger partial charge in [0.2, 0.25) is 5.91 Å². The Morgan fingerprint density at radius 3 is 2.76 bits per heavy atom. The Morgan fingerprint density at radius 2 is 2.24 bits per heavy atom. The monoisotopic (exact) mass is 234 g/mol. The van der Waals surface area contributed by atoms with Crippen LogP contribution in [0.25, 0.3) is 0 Å². The molecule has 1 fully saturated rings. The van der Waals surface area contributed by atoms with Gasteiger partial charge < -0.3 is 15.8 Å². The van der Waals surface area contributed by atoms with Crippen LogP contribution in [0.15, 0.2) is 18.2 Å². The smallest absolute Gasteiger partial charge is 0.227 e. The molecule has 1 amide bonds. The minimum Gasteiger partial charge on any atom is -0.497 e. The van der Waals surface area contributed by atoms with E-state index in [9.17, 15) is 4.79 Å². The molecule has 0 aromatic heterocycles. The molecule has 92 valence electrons. The van der Waals surface area contributed by atoms with E-state index in [0.29, 0.717) is 23.0 Å². The maximum absolute atomic E-state index is 11.9. The lowest BCUT2D eigenvalue weighted by atomic mass is 10.1. The third-order valence-electron chi connectivity index (χ3n) is 3.26. The molecule has 0 spiro atoms. The fourth-order valence-corrected chi connectivity index (χ4v) is 1.84. The van der Waals surface area contributed by atoms with Crippen molar-refractivity contribution in [1.29, 1.82) is 0 Å². The van der Waals surface area contributed by atoms with Crippen LogP contribution < -0.4 is 15.8 Å². The van der Waals surface area contributed by atoms with Gasteiger partial charge in [0.1, 0.15) is 5.75 Å². The van der Waals surface area contributed by atoms with E-state index in [1.807, 2.05) is 6.92 Å². The largest absolute Gasteiger partial charge is 0.497 e. The molecule has 0 radical (unpaired) electrons. The van der Waals surface area contributed by atoms with Gasteiger partial charge in [-0.05, 0) is 30.9 Å². The van der Waals surface area contributed by atoms with Crippen LogP contribution in [0.1, 0.15) is 19.8 Å². The SMILES string of the molecule is COc1ccc(NC(=O)C(C)C2CC2)c(N)c1. The van der Waals surface area contributed by atoms with E-state index in [-0.39, 0.29) is 11.8 Å². The average Bonchev–Trinajstić information content (AvgIpc) is 3.14. The average molecular weight is 234 g/mol. The van der Waals surface area contributed by atoms with Crippen molar-refractivity contribution in [2.45, 2.75) is 19.8 Å². The highest BCUT2D eigenvalue weighted by molar-refractivity contribution is 5.95. The highest BCUT2D eigenvalue weighted by atomic mass is 16.5. The summed E-state index contributed by atoms with van der Waals surface area (Å²) in [7, 11) is 1.59. The highest BCUT2D eigenvalue weighted by Gasteiger charge is 2.32. The molecular weight excluding hydrogens is 216 g/mol. The van der Waals surface area contributed by atoms with Gasteiger partial charge in [-0.3, -0.25) is 4.79 Å². The van der Waals surface area contributed by atoms with Crippen molar-refractivity contribution in [2.75, 3.05) is 18.2 Å². The van der Waals surface area contributed by atoms with Crippen molar-refractivity contribution in [1.82, 2.24) is 0 Å². The molecule has 3 N–H and O–H groups in total. The van der Waals surface area contributed by atoms with Crippen LogP contribution in [0.2, 0.25) is 0 Å². The van der Waals surface area contributed by atoms with Crippen LogP contribution in [0.5, 0.6) is 5.75 Å². The minimum absolute atomic E-state index is 0.0457. The number of amides is 1. The van der Waals surface area contributed by atoms with E-state index in [0.717, 1.165) is 12.8 Å². The molecule has 17 heavy (non-hydrogen) atoms. The molecule has 1 aromatic rings. The lowest BCUT2D eigenvalue weighted by Crippen LogP contribution is -2.22. The van der Waals surface area contributed by atoms with Gasteiger partial charge in [0.25, 0.3) is 0 Å². The molecule has 1 atom stereocenters. The predicted molar refractivity (Wildman–Crippen MR) is 67.9 cm³/mol. The summed E-state index contributed by atoms with van der Waals surface area (Å²) in [5, 5.41) is 2.86. The summed E-state index contributed by atoms with van der Waals surface area (Å²) in [6.45, 7) is 1.96. The van der Waals surface area contributed by atoms with Gasteiger partial charge in [0.05, 0.1) is 18.5 Å². The number of carbonyl (C=O) groups is 1. The summed E-state index contributed by atoms with van der Waals surface area (Å²) in [5.41, 5.74) is 7.03. The fraction of sp³-hybridized carbons (Fsp3) is 0.462. The van der Waals surface area contributed by atoms with Crippen LogP contribution in [0, 0.1) is 11.8 Å². The van der Waals surface area contributed by atoms with E-state index < -0.39 is 0 Å². The number of hydrogen-bond acceptors (Lipinski definition) is 3. The molecule has 4 nitrogen and oxygen atoms in total. The molecule has 4 heteroatoms. The second kappa shape index (κ2) is 4.65. The van der Waals surface area contributed by atoms with Gasteiger partial charge in [-0.25, -0.2) is 0 Å². The van der Waals surface area contributed by atoms with Gasteiger partial charge in [0, 0.05) is 12.0 Å². The number of nitrogen functional groups attached to an aromatic ring is 1. The number of nitrogens with one attached hydrogen (secondary N) is 1.